The lowest BCUT2D eigenvalue weighted by Crippen LogP contribution is -2.48. The molecule has 1 aliphatic rings. The molecule has 1 saturated heterocycles. The van der Waals surface area contributed by atoms with Crippen molar-refractivity contribution in [2.24, 2.45) is 5.92 Å². The minimum Gasteiger partial charge on any atom is -0.507 e. The van der Waals surface area contributed by atoms with Crippen molar-refractivity contribution in [1.82, 2.24) is 40.3 Å². The number of nitrogens with zero attached hydrogens (tertiary/aromatic N) is 7. The van der Waals surface area contributed by atoms with Crippen LogP contribution in [-0.4, -0.2) is 82.3 Å². The number of hydrogen-bond acceptors (Lipinski definition) is 13. The average molecular weight is 896 g/mol. The van der Waals surface area contributed by atoms with Gasteiger partial charge in [0.05, 0.1) is 52.8 Å². The number of likely N-dealkylation sites (tertiary alicyclic amines) is 1. The molecule has 16 heteroatoms. The van der Waals surface area contributed by atoms with E-state index in [1.54, 1.807) is 41.8 Å². The van der Waals surface area contributed by atoms with Crippen LogP contribution in [0.15, 0.2) is 107 Å². The SMILES string of the molecule is Cc1ncsc1-c1ccc([C@H](C)NC(=O)[C@@H]2C[C@@H](O)CN2C(=O)C(c2cc(OCCCc3ccc(C(C)n4cc(-c5cc(-c6ccccc6O)nnc5N)cn4)cc3)no2)C(C)C)cc1. The number of amides is 2. The lowest BCUT2D eigenvalue weighted by Gasteiger charge is -2.29. The third-order valence-corrected chi connectivity index (χ3v) is 13.0. The Hall–Kier alpha value is -6.91. The van der Waals surface area contributed by atoms with Gasteiger partial charge in [-0.2, -0.15) is 5.10 Å². The molecule has 5 atom stereocenters. The molecule has 0 radical (unpaired) electrons. The molecule has 2 unspecified atom stereocenters. The maximum Gasteiger partial charge on any atom is 0.254 e. The molecule has 1 aliphatic heterocycles. The number of aromatic nitrogens is 6. The normalized spacial score (nSPS) is 16.4. The number of benzene rings is 3. The number of nitrogen functional groups attached to an aromatic ring is 1. The van der Waals surface area contributed by atoms with Crippen LogP contribution in [0.5, 0.6) is 11.6 Å². The second kappa shape index (κ2) is 19.5. The molecule has 336 valence electrons. The van der Waals surface area contributed by atoms with E-state index in [9.17, 15) is 19.8 Å². The Balaban J connectivity index is 0.832. The van der Waals surface area contributed by atoms with Gasteiger partial charge in [-0.15, -0.1) is 21.5 Å². The molecule has 0 spiro atoms. The number of anilines is 1. The van der Waals surface area contributed by atoms with Crippen molar-refractivity contribution in [3.8, 4) is 44.5 Å². The number of hydrogen-bond donors (Lipinski definition) is 4. The minimum atomic E-state index is -0.836. The number of aromatic hydroxyl groups is 1. The summed E-state index contributed by atoms with van der Waals surface area (Å²) >= 11 is 1.59. The standard InChI is InChI=1S/C49H53N9O6S/c1-28(2)45(49(62)57-26-37(59)21-41(57)48(61)53-29(3)33-16-18-35(19-17-33)46-30(4)51-27-65-46)43-23-44(56-64-43)63-20-8-9-32-12-14-34(15-13-32)31(5)58-25-36(24-52-58)39-22-40(54-55-47(39)50)38-10-6-7-11-42(38)60/h6-7,10-19,22-25,27-29,31,37,41,45,59-60H,8-9,20-21,26H2,1-5H3,(H2,50,55)(H,53,61)/t29-,31?,37+,41-,45?/m0/s1. The number of aliphatic hydroxyl groups excluding tert-OH is 1. The van der Waals surface area contributed by atoms with Gasteiger partial charge in [0.2, 0.25) is 11.8 Å². The number of rotatable bonds is 16. The predicted octanol–water partition coefficient (Wildman–Crippen LogP) is 7.91. The highest BCUT2D eigenvalue weighted by Crippen LogP contribution is 2.35. The summed E-state index contributed by atoms with van der Waals surface area (Å²) in [7, 11) is 0. The van der Waals surface area contributed by atoms with Gasteiger partial charge in [-0.3, -0.25) is 14.3 Å². The van der Waals surface area contributed by atoms with E-state index in [2.05, 4.69) is 61.9 Å². The van der Waals surface area contributed by atoms with Gasteiger partial charge in [-0.05, 0) is 85.1 Å². The molecule has 3 aromatic carbocycles. The Kier molecular flexibility index (Phi) is 13.4. The number of aliphatic hydroxyl groups is 1. The topological polar surface area (TPSA) is 208 Å². The van der Waals surface area contributed by atoms with Crippen LogP contribution in [0.4, 0.5) is 5.82 Å². The number of carbonyl (C=O) groups is 2. The number of phenolic OH excluding ortho intramolecular Hbond substituents is 1. The van der Waals surface area contributed by atoms with Crippen molar-refractivity contribution < 1.29 is 29.1 Å². The summed E-state index contributed by atoms with van der Waals surface area (Å²) in [6, 6.07) is 25.6. The van der Waals surface area contributed by atoms with Crippen LogP contribution in [0.1, 0.15) is 86.7 Å². The fourth-order valence-corrected chi connectivity index (χ4v) is 9.13. The molecule has 8 rings (SSSR count). The third kappa shape index (κ3) is 9.93. The smallest absolute Gasteiger partial charge is 0.254 e. The number of phenols is 1. The Bertz CT molecular complexity index is 2750. The summed E-state index contributed by atoms with van der Waals surface area (Å²) in [6.07, 6.45) is 4.46. The highest BCUT2D eigenvalue weighted by Gasteiger charge is 2.43. The van der Waals surface area contributed by atoms with Crippen LogP contribution in [0.25, 0.3) is 32.8 Å². The Morgan fingerprint density at radius 2 is 1.72 bits per heavy atom. The number of nitrogens with two attached hydrogens (primary N) is 1. The van der Waals surface area contributed by atoms with Crippen molar-refractivity contribution in [1.29, 1.82) is 0 Å². The highest BCUT2D eigenvalue weighted by atomic mass is 32.1. The zero-order valence-corrected chi connectivity index (χ0v) is 37.8. The van der Waals surface area contributed by atoms with E-state index >= 15 is 0 Å². The Labute approximate surface area is 381 Å². The number of nitrogens with one attached hydrogen (secondary N) is 1. The van der Waals surface area contributed by atoms with E-state index in [0.29, 0.717) is 35.6 Å². The first kappa shape index (κ1) is 44.7. The molecule has 7 aromatic rings. The summed E-state index contributed by atoms with van der Waals surface area (Å²) in [5, 5.41) is 41.1. The van der Waals surface area contributed by atoms with E-state index in [-0.39, 0.29) is 60.2 Å². The first-order chi connectivity index (χ1) is 31.3. The minimum absolute atomic E-state index is 0.0440. The van der Waals surface area contributed by atoms with Crippen molar-refractivity contribution >= 4 is 29.0 Å². The number of ether oxygens (including phenoxy) is 1. The lowest BCUT2D eigenvalue weighted by molar-refractivity contribution is -0.141. The summed E-state index contributed by atoms with van der Waals surface area (Å²) in [6.45, 7) is 10.2. The summed E-state index contributed by atoms with van der Waals surface area (Å²) < 4.78 is 13.5. The molecule has 5 N–H and O–H groups in total. The van der Waals surface area contributed by atoms with Gasteiger partial charge in [0.25, 0.3) is 5.88 Å². The van der Waals surface area contributed by atoms with E-state index in [1.165, 1.54) is 4.90 Å². The second-order valence-corrected chi connectivity index (χ2v) is 17.8. The number of aryl methyl sites for hydroxylation is 2. The molecule has 0 saturated carbocycles. The van der Waals surface area contributed by atoms with Crippen LogP contribution in [0, 0.1) is 12.8 Å². The molecule has 0 aliphatic carbocycles. The molecule has 5 heterocycles. The maximum absolute atomic E-state index is 14.2. The monoisotopic (exact) mass is 895 g/mol. The predicted molar refractivity (Wildman–Crippen MR) is 248 cm³/mol. The van der Waals surface area contributed by atoms with E-state index in [4.69, 9.17) is 15.0 Å². The fraction of sp³-hybridized carbons (Fsp3) is 0.327. The zero-order valence-electron chi connectivity index (χ0n) is 37.0. The third-order valence-electron chi connectivity index (χ3n) is 12.0. The first-order valence-corrected chi connectivity index (χ1v) is 22.7. The van der Waals surface area contributed by atoms with Gasteiger partial charge < -0.3 is 35.4 Å². The number of thiazole rings is 1. The maximum atomic E-state index is 14.2. The van der Waals surface area contributed by atoms with Gasteiger partial charge in [-0.25, -0.2) is 4.98 Å². The first-order valence-electron chi connectivity index (χ1n) is 21.8. The molecule has 2 amide bonds. The van der Waals surface area contributed by atoms with Gasteiger partial charge in [0, 0.05) is 41.9 Å². The summed E-state index contributed by atoms with van der Waals surface area (Å²) in [4.78, 5) is 34.8. The largest absolute Gasteiger partial charge is 0.507 e. The van der Waals surface area contributed by atoms with Crippen LogP contribution >= 0.6 is 11.3 Å². The quantitative estimate of drug-likeness (QED) is 0.0683. The van der Waals surface area contributed by atoms with Gasteiger partial charge in [0.15, 0.2) is 11.6 Å². The zero-order chi connectivity index (χ0) is 45.8. The number of β-amino-alcohol motifs (C(OH)–C–C–N with tert-alkyl or cyclic N) is 1. The fourth-order valence-electron chi connectivity index (χ4n) is 8.31. The Morgan fingerprint density at radius 3 is 2.45 bits per heavy atom. The molecule has 4 aromatic heterocycles. The van der Waals surface area contributed by atoms with Gasteiger partial charge >= 0.3 is 0 Å². The molecule has 1 fully saturated rings. The number of carbonyl (C=O) groups excluding carboxylic acids is 2. The average Bonchev–Trinajstić information content (AvgIpc) is 4.14. The van der Waals surface area contributed by atoms with Crippen molar-refractivity contribution in [3.05, 3.63) is 131 Å². The molecule has 65 heavy (non-hydrogen) atoms. The van der Waals surface area contributed by atoms with Gasteiger partial charge in [-0.1, -0.05) is 74.5 Å². The van der Waals surface area contributed by atoms with E-state index in [0.717, 1.165) is 44.8 Å². The van der Waals surface area contributed by atoms with Crippen LogP contribution < -0.4 is 15.8 Å². The molecular weight excluding hydrogens is 843 g/mol. The molecule has 0 bridgehead atoms. The number of para-hydroxylation sites is 1. The molecular formula is C49H53N9O6S. The second-order valence-electron chi connectivity index (χ2n) is 16.9. The summed E-state index contributed by atoms with van der Waals surface area (Å²) in [5.74, 6) is -0.548. The van der Waals surface area contributed by atoms with Crippen LogP contribution in [0.2, 0.25) is 0 Å². The van der Waals surface area contributed by atoms with Crippen molar-refractivity contribution in [2.45, 2.75) is 84.0 Å². The van der Waals surface area contributed by atoms with Crippen LogP contribution in [-0.2, 0) is 16.0 Å². The van der Waals surface area contributed by atoms with E-state index in [1.807, 2.05) is 80.5 Å². The Morgan fingerprint density at radius 1 is 0.969 bits per heavy atom. The van der Waals surface area contributed by atoms with E-state index < -0.39 is 18.1 Å². The molecule has 15 nitrogen and oxygen atoms in total. The highest BCUT2D eigenvalue weighted by molar-refractivity contribution is 7.13. The van der Waals surface area contributed by atoms with Crippen molar-refractivity contribution in [3.63, 3.8) is 0 Å². The van der Waals surface area contributed by atoms with Crippen molar-refractivity contribution in [2.75, 3.05) is 18.9 Å². The lowest BCUT2D eigenvalue weighted by atomic mass is 9.91. The van der Waals surface area contributed by atoms with Gasteiger partial charge in [0.1, 0.15) is 17.7 Å². The summed E-state index contributed by atoms with van der Waals surface area (Å²) in [5.41, 5.74) is 15.8. The van der Waals surface area contributed by atoms with Crippen LogP contribution in [0.3, 0.4) is 0 Å².